The number of nitrogen functional groups attached to an aromatic ring is 2. The normalized spacial score (nSPS) is 39.3. The SMILES string of the molecule is CO[C@H]1[C@H]2O[P@](=O)(OC)OCC34C[C@@H]3[C@@H](n3cnc5c(N)ncnc53)[C@H](O)[C@@H]4O[P@](=O)(SC)OC[C@H]1O[C@H]2n1cnc2c(=O)[nH]c(N)nc21. The molecule has 6 N–H and O–H groups in total. The predicted molar refractivity (Wildman–Crippen MR) is 170 cm³/mol. The first-order valence-electron chi connectivity index (χ1n) is 14.9. The van der Waals surface area contributed by atoms with Crippen LogP contribution in [0.4, 0.5) is 11.8 Å². The van der Waals surface area contributed by atoms with Crippen molar-refractivity contribution in [1.82, 2.24) is 39.0 Å². The van der Waals surface area contributed by atoms with Gasteiger partial charge in [-0.3, -0.25) is 37.0 Å². The van der Waals surface area contributed by atoms with Gasteiger partial charge in [0.15, 0.2) is 28.9 Å². The van der Waals surface area contributed by atoms with Crippen LogP contribution in [-0.2, 0) is 41.2 Å². The van der Waals surface area contributed by atoms with Gasteiger partial charge in [-0.15, -0.1) is 0 Å². The van der Waals surface area contributed by atoms with E-state index in [1.54, 1.807) is 10.8 Å². The van der Waals surface area contributed by atoms with Crippen LogP contribution in [0.25, 0.3) is 22.3 Å². The van der Waals surface area contributed by atoms with Crippen molar-refractivity contribution in [3.05, 3.63) is 29.3 Å². The number of nitrogens with one attached hydrogen (secondary N) is 1. The standard InChI is InChI=1S/C25H32N10O11P2S/c1-40-16-11-5-42-48(39,49-3)46-18-15(36)14(34-8-30-12-19(26)28-7-29-20(12)34)10-4-25(10,18)6-43-47(38,41-2)45-17(16)23(44-11)35-9-31-13-21(35)32-24(27)33-22(13)37/h7-11,14-18,23,36H,4-6H2,1-3H3,(H2,26,28,29)(H3,27,32,33,37)/t10-,11-,14-,15+,16-,17-,18+,23-,25?,47-,48-/m1/s1. The molecule has 2 aliphatic carbocycles. The van der Waals surface area contributed by atoms with E-state index in [9.17, 15) is 19.0 Å². The molecule has 11 atom stereocenters. The number of imidazole rings is 2. The van der Waals surface area contributed by atoms with Crippen molar-refractivity contribution in [3.8, 4) is 0 Å². The van der Waals surface area contributed by atoms with Crippen LogP contribution in [0.3, 0.4) is 0 Å². The molecule has 2 aliphatic heterocycles. The fraction of sp³-hybridized carbons (Fsp3) is 0.600. The van der Waals surface area contributed by atoms with Gasteiger partial charge in [0, 0.05) is 19.6 Å². The first-order chi connectivity index (χ1) is 23.4. The van der Waals surface area contributed by atoms with Gasteiger partial charge in [-0.1, -0.05) is 0 Å². The summed E-state index contributed by atoms with van der Waals surface area (Å²) in [6, 6.07) is -0.668. The monoisotopic (exact) mass is 742 g/mol. The molecule has 4 aromatic heterocycles. The Labute approximate surface area is 280 Å². The van der Waals surface area contributed by atoms with Crippen LogP contribution < -0.4 is 17.0 Å². The lowest BCUT2D eigenvalue weighted by atomic mass is 10.0. The molecule has 2 saturated carbocycles. The molecule has 24 heteroatoms. The number of methoxy groups -OCH3 is 1. The molecule has 4 fully saturated rings. The van der Waals surface area contributed by atoms with Crippen LogP contribution in [0, 0.1) is 11.3 Å². The lowest BCUT2D eigenvalue weighted by Crippen LogP contribution is -2.38. The first kappa shape index (κ1) is 33.2. The Morgan fingerprint density at radius 1 is 1.08 bits per heavy atom. The van der Waals surface area contributed by atoms with E-state index in [1.165, 1.54) is 30.7 Å². The highest BCUT2D eigenvalue weighted by Crippen LogP contribution is 2.74. The van der Waals surface area contributed by atoms with E-state index in [1.807, 2.05) is 0 Å². The van der Waals surface area contributed by atoms with Gasteiger partial charge in [-0.25, -0.2) is 29.1 Å². The smallest absolute Gasteiger partial charge is 0.388 e. The Morgan fingerprint density at radius 3 is 2.61 bits per heavy atom. The number of phosphoric acid groups is 1. The minimum atomic E-state index is -4.44. The lowest BCUT2D eigenvalue weighted by molar-refractivity contribution is -0.0607. The summed E-state index contributed by atoms with van der Waals surface area (Å²) < 4.78 is 73.3. The third kappa shape index (κ3) is 5.16. The lowest BCUT2D eigenvalue weighted by Gasteiger charge is -2.31. The van der Waals surface area contributed by atoms with Crippen LogP contribution in [0.2, 0.25) is 0 Å². The highest BCUT2D eigenvalue weighted by Gasteiger charge is 2.74. The van der Waals surface area contributed by atoms with Gasteiger partial charge < -0.3 is 30.6 Å². The number of phosphoric ester groups is 1. The van der Waals surface area contributed by atoms with Gasteiger partial charge in [0.1, 0.15) is 42.4 Å². The summed E-state index contributed by atoms with van der Waals surface area (Å²) in [6.45, 7) is -4.66. The van der Waals surface area contributed by atoms with Gasteiger partial charge in [0.2, 0.25) is 5.95 Å². The number of aliphatic hydroxyl groups is 1. The predicted octanol–water partition coefficient (Wildman–Crippen LogP) is 1.00. The number of fused-ring (bicyclic) bond motifs is 4. The highest BCUT2D eigenvalue weighted by molar-refractivity contribution is 8.54. The molecule has 21 nitrogen and oxygen atoms in total. The Hall–Kier alpha value is -3.01. The van der Waals surface area contributed by atoms with Crippen molar-refractivity contribution < 1.29 is 46.3 Å². The molecule has 4 aromatic rings. The summed E-state index contributed by atoms with van der Waals surface area (Å²) in [7, 11) is -1.90. The van der Waals surface area contributed by atoms with Crippen LogP contribution in [0.5, 0.6) is 0 Å². The number of hydrogen-bond acceptors (Lipinski definition) is 19. The number of aromatic nitrogens is 8. The molecule has 1 unspecified atom stereocenters. The van der Waals surface area contributed by atoms with Gasteiger partial charge in [0.05, 0.1) is 31.9 Å². The number of H-pyrrole nitrogens is 1. The third-order valence-corrected chi connectivity index (χ3v) is 14.3. The van der Waals surface area contributed by atoms with Crippen LogP contribution >= 0.6 is 26.0 Å². The largest absolute Gasteiger partial charge is 0.475 e. The molecule has 8 rings (SSSR count). The Kier molecular flexibility index (Phi) is 7.97. The Morgan fingerprint density at radius 2 is 1.86 bits per heavy atom. The number of hydrogen-bond donors (Lipinski definition) is 4. The zero-order valence-corrected chi connectivity index (χ0v) is 28.7. The highest BCUT2D eigenvalue weighted by atomic mass is 32.7. The minimum absolute atomic E-state index is 0.0369. The van der Waals surface area contributed by atoms with Crippen molar-refractivity contribution in [2.75, 3.05) is 45.2 Å². The van der Waals surface area contributed by atoms with Gasteiger partial charge in [-0.2, -0.15) is 4.98 Å². The second-order valence-corrected chi connectivity index (χ2v) is 18.0. The number of nitrogens with zero attached hydrogens (tertiary/aromatic N) is 7. The van der Waals surface area contributed by atoms with Crippen molar-refractivity contribution >= 4 is 60.1 Å². The van der Waals surface area contributed by atoms with E-state index in [0.717, 1.165) is 18.5 Å². The van der Waals surface area contributed by atoms with Crippen molar-refractivity contribution in [3.63, 3.8) is 0 Å². The maximum atomic E-state index is 14.3. The molecule has 0 aromatic carbocycles. The Balaban J connectivity index is 1.18. The fourth-order valence-corrected chi connectivity index (χ4v) is 10.7. The maximum absolute atomic E-state index is 14.3. The number of ether oxygens (including phenoxy) is 2. The zero-order chi connectivity index (χ0) is 34.5. The van der Waals surface area contributed by atoms with E-state index in [4.69, 9.17) is 43.6 Å². The number of anilines is 2. The van der Waals surface area contributed by atoms with Crippen molar-refractivity contribution in [2.24, 2.45) is 11.3 Å². The molecule has 2 saturated heterocycles. The number of aliphatic hydroxyl groups excluding tert-OH is 1. The van der Waals surface area contributed by atoms with E-state index >= 15 is 0 Å². The van der Waals surface area contributed by atoms with Crippen molar-refractivity contribution in [1.29, 1.82) is 0 Å². The topological polar surface area (TPSA) is 278 Å². The molecular weight excluding hydrogens is 710 g/mol. The molecule has 4 aliphatic rings. The molecular formula is C25H32N10O11P2S. The van der Waals surface area contributed by atoms with E-state index in [2.05, 4.69) is 29.9 Å². The van der Waals surface area contributed by atoms with Crippen LogP contribution in [0.15, 0.2) is 23.8 Å². The molecule has 264 valence electrons. The number of rotatable bonds is 5. The number of aromatic amines is 1. The average molecular weight is 743 g/mol. The second-order valence-electron chi connectivity index (χ2n) is 12.1. The molecule has 49 heavy (non-hydrogen) atoms. The molecule has 0 radical (unpaired) electrons. The van der Waals surface area contributed by atoms with E-state index in [-0.39, 0.29) is 42.1 Å². The molecule has 2 bridgehead atoms. The number of nitrogens with two attached hydrogens (primary N) is 2. The van der Waals surface area contributed by atoms with E-state index in [0.29, 0.717) is 17.6 Å². The summed E-state index contributed by atoms with van der Waals surface area (Å²) >= 11 is 0.837. The summed E-state index contributed by atoms with van der Waals surface area (Å²) in [5.41, 5.74) is 11.0. The van der Waals surface area contributed by atoms with Crippen LogP contribution in [-0.4, -0.2) is 108 Å². The maximum Gasteiger partial charge on any atom is 0.475 e. The molecule has 1 spiro atoms. The average Bonchev–Trinajstić information content (AvgIpc) is 3.39. The summed E-state index contributed by atoms with van der Waals surface area (Å²) in [5.74, 6) is -0.340. The summed E-state index contributed by atoms with van der Waals surface area (Å²) in [4.78, 5) is 35.9. The van der Waals surface area contributed by atoms with Gasteiger partial charge in [0.25, 0.3) is 5.56 Å². The van der Waals surface area contributed by atoms with Crippen molar-refractivity contribution in [2.45, 2.75) is 49.2 Å². The second kappa shape index (κ2) is 11.8. The minimum Gasteiger partial charge on any atom is -0.388 e. The first-order valence-corrected chi connectivity index (χ1v) is 19.8. The Bertz CT molecular complexity index is 2100. The van der Waals surface area contributed by atoms with Gasteiger partial charge >= 0.3 is 14.6 Å². The van der Waals surface area contributed by atoms with Crippen LogP contribution in [0.1, 0.15) is 18.7 Å². The summed E-state index contributed by atoms with van der Waals surface area (Å²) in [5, 5.41) is 11.8. The zero-order valence-electron chi connectivity index (χ0n) is 26.1. The molecule has 6 heterocycles. The van der Waals surface area contributed by atoms with E-state index < -0.39 is 68.4 Å². The summed E-state index contributed by atoms with van der Waals surface area (Å²) in [6.07, 6.45) is -0.732. The third-order valence-electron chi connectivity index (χ3n) is 9.64. The quantitative estimate of drug-likeness (QED) is 0.208. The molecule has 0 amide bonds. The fourth-order valence-electron chi connectivity index (χ4n) is 7.26. The van der Waals surface area contributed by atoms with Gasteiger partial charge in [-0.05, 0) is 30.0 Å².